The van der Waals surface area contributed by atoms with Crippen LogP contribution < -0.4 is 0 Å². The highest BCUT2D eigenvalue weighted by molar-refractivity contribution is 5.15. The van der Waals surface area contributed by atoms with Gasteiger partial charge in [0, 0.05) is 6.42 Å². The number of nitrogens with zero attached hydrogens (tertiary/aromatic N) is 2. The van der Waals surface area contributed by atoms with Gasteiger partial charge in [0.2, 0.25) is 5.60 Å². The van der Waals surface area contributed by atoms with E-state index in [1.807, 2.05) is 6.92 Å². The predicted molar refractivity (Wildman–Crippen MR) is 50.8 cm³/mol. The number of allylic oxidation sites excluding steroid dienone is 1. The average molecular weight is 194 g/mol. The van der Waals surface area contributed by atoms with Crippen LogP contribution in [0.1, 0.15) is 26.2 Å². The Kier molecular flexibility index (Phi) is 6.19. The van der Waals surface area contributed by atoms with Crippen LogP contribution in [0.4, 0.5) is 0 Å². The fraction of sp³-hybridized carbons (Fsp3) is 0.600. The SMILES string of the molecule is CCOC=CCCCC(O)(C#N)C#N. The highest BCUT2D eigenvalue weighted by atomic mass is 16.5. The van der Waals surface area contributed by atoms with Crippen LogP contribution in [0.3, 0.4) is 0 Å². The van der Waals surface area contributed by atoms with Gasteiger partial charge in [0.1, 0.15) is 12.1 Å². The molecule has 0 rings (SSSR count). The number of aliphatic hydroxyl groups is 1. The lowest BCUT2D eigenvalue weighted by Gasteiger charge is -2.08. The van der Waals surface area contributed by atoms with E-state index in [0.29, 0.717) is 19.4 Å². The Morgan fingerprint density at radius 2 is 2.07 bits per heavy atom. The summed E-state index contributed by atoms with van der Waals surface area (Å²) in [5.74, 6) is 0. The summed E-state index contributed by atoms with van der Waals surface area (Å²) >= 11 is 0. The first-order valence-electron chi connectivity index (χ1n) is 4.50. The van der Waals surface area contributed by atoms with Crippen molar-refractivity contribution in [3.05, 3.63) is 12.3 Å². The number of ether oxygens (including phenoxy) is 1. The number of hydrogen-bond acceptors (Lipinski definition) is 4. The smallest absolute Gasteiger partial charge is 0.238 e. The summed E-state index contributed by atoms with van der Waals surface area (Å²) in [5, 5.41) is 26.2. The fourth-order valence-electron chi connectivity index (χ4n) is 0.845. The van der Waals surface area contributed by atoms with Crippen molar-refractivity contribution in [2.24, 2.45) is 0 Å². The Hall–Kier alpha value is -1.52. The first-order chi connectivity index (χ1) is 6.68. The first kappa shape index (κ1) is 12.5. The topological polar surface area (TPSA) is 77.0 Å². The average Bonchev–Trinajstić information content (AvgIpc) is 2.23. The number of hydrogen-bond donors (Lipinski definition) is 1. The third-order valence-corrected chi connectivity index (χ3v) is 1.64. The van der Waals surface area contributed by atoms with Gasteiger partial charge in [-0.1, -0.05) is 0 Å². The van der Waals surface area contributed by atoms with Crippen LogP contribution in [0, 0.1) is 22.7 Å². The maximum atomic E-state index is 9.25. The second-order valence-corrected chi connectivity index (χ2v) is 2.80. The van der Waals surface area contributed by atoms with Gasteiger partial charge in [-0.25, -0.2) is 0 Å². The van der Waals surface area contributed by atoms with Crippen molar-refractivity contribution in [1.29, 1.82) is 10.5 Å². The zero-order valence-electron chi connectivity index (χ0n) is 8.23. The lowest BCUT2D eigenvalue weighted by Crippen LogP contribution is -2.23. The van der Waals surface area contributed by atoms with Gasteiger partial charge >= 0.3 is 0 Å². The monoisotopic (exact) mass is 194 g/mol. The molecule has 0 aromatic heterocycles. The van der Waals surface area contributed by atoms with Gasteiger partial charge in [-0.15, -0.1) is 0 Å². The molecule has 0 aliphatic carbocycles. The standard InChI is InChI=1S/C10H14N2O2/c1-2-14-7-5-3-4-6-10(13,8-11)9-12/h5,7,13H,2-4,6H2,1H3. The van der Waals surface area contributed by atoms with Gasteiger partial charge in [-0.3, -0.25) is 0 Å². The Balaban J connectivity index is 3.66. The minimum absolute atomic E-state index is 0.163. The van der Waals surface area contributed by atoms with Crippen LogP contribution >= 0.6 is 0 Å². The molecule has 0 aromatic rings. The molecule has 4 nitrogen and oxygen atoms in total. The van der Waals surface area contributed by atoms with E-state index in [4.69, 9.17) is 15.3 Å². The Morgan fingerprint density at radius 3 is 2.57 bits per heavy atom. The van der Waals surface area contributed by atoms with E-state index in [-0.39, 0.29) is 6.42 Å². The van der Waals surface area contributed by atoms with E-state index in [1.54, 1.807) is 24.5 Å². The second kappa shape index (κ2) is 6.94. The molecule has 0 saturated carbocycles. The predicted octanol–water partition coefficient (Wildman–Crippen LogP) is 1.49. The number of nitriles is 2. The molecule has 0 aromatic carbocycles. The maximum Gasteiger partial charge on any atom is 0.238 e. The van der Waals surface area contributed by atoms with Crippen LogP contribution in [0.15, 0.2) is 12.3 Å². The second-order valence-electron chi connectivity index (χ2n) is 2.80. The fourth-order valence-corrected chi connectivity index (χ4v) is 0.845. The minimum Gasteiger partial charge on any atom is -0.502 e. The molecule has 14 heavy (non-hydrogen) atoms. The van der Waals surface area contributed by atoms with Crippen LogP contribution in [-0.2, 0) is 4.74 Å². The van der Waals surface area contributed by atoms with E-state index in [2.05, 4.69) is 0 Å². The Labute approximate surface area is 84.0 Å². The molecule has 0 aliphatic heterocycles. The molecule has 0 amide bonds. The van der Waals surface area contributed by atoms with Crippen molar-refractivity contribution >= 4 is 0 Å². The summed E-state index contributed by atoms with van der Waals surface area (Å²) < 4.78 is 4.95. The van der Waals surface area contributed by atoms with Crippen LogP contribution in [0.2, 0.25) is 0 Å². The van der Waals surface area contributed by atoms with Crippen molar-refractivity contribution in [3.8, 4) is 12.1 Å². The van der Waals surface area contributed by atoms with Crippen molar-refractivity contribution < 1.29 is 9.84 Å². The van der Waals surface area contributed by atoms with Gasteiger partial charge in [0.05, 0.1) is 12.9 Å². The molecule has 0 fully saturated rings. The molecular formula is C10H14N2O2. The lowest BCUT2D eigenvalue weighted by atomic mass is 10.0. The zero-order valence-corrected chi connectivity index (χ0v) is 8.23. The molecule has 76 valence electrons. The largest absolute Gasteiger partial charge is 0.502 e. The van der Waals surface area contributed by atoms with Gasteiger partial charge in [-0.05, 0) is 25.8 Å². The van der Waals surface area contributed by atoms with Crippen LogP contribution in [0.5, 0.6) is 0 Å². The third kappa shape index (κ3) is 5.18. The summed E-state index contributed by atoms with van der Waals surface area (Å²) in [4.78, 5) is 0. The first-order valence-corrected chi connectivity index (χ1v) is 4.50. The van der Waals surface area contributed by atoms with Gasteiger partial charge in [-0.2, -0.15) is 10.5 Å². The summed E-state index contributed by atoms with van der Waals surface area (Å²) in [6.07, 6.45) is 4.82. The molecule has 1 N–H and O–H groups in total. The van der Waals surface area contributed by atoms with Gasteiger partial charge in [0.15, 0.2) is 0 Å². The van der Waals surface area contributed by atoms with Gasteiger partial charge < -0.3 is 9.84 Å². The van der Waals surface area contributed by atoms with Crippen molar-refractivity contribution in [2.75, 3.05) is 6.61 Å². The molecule has 4 heteroatoms. The summed E-state index contributed by atoms with van der Waals surface area (Å²) in [5.41, 5.74) is -1.83. The van der Waals surface area contributed by atoms with Gasteiger partial charge in [0.25, 0.3) is 0 Å². The van der Waals surface area contributed by atoms with E-state index < -0.39 is 5.60 Å². The minimum atomic E-state index is -1.83. The van der Waals surface area contributed by atoms with Crippen LogP contribution in [-0.4, -0.2) is 17.3 Å². The summed E-state index contributed by atoms with van der Waals surface area (Å²) in [7, 11) is 0. The van der Waals surface area contributed by atoms with Crippen molar-refractivity contribution in [1.82, 2.24) is 0 Å². The van der Waals surface area contributed by atoms with E-state index in [1.165, 1.54) is 0 Å². The molecule has 0 atom stereocenters. The molecule has 0 bridgehead atoms. The highest BCUT2D eigenvalue weighted by Crippen LogP contribution is 2.12. The van der Waals surface area contributed by atoms with E-state index >= 15 is 0 Å². The van der Waals surface area contributed by atoms with Crippen molar-refractivity contribution in [3.63, 3.8) is 0 Å². The molecule has 0 saturated heterocycles. The quantitative estimate of drug-likeness (QED) is 0.394. The lowest BCUT2D eigenvalue weighted by molar-refractivity contribution is 0.145. The summed E-state index contributed by atoms with van der Waals surface area (Å²) in [6.45, 7) is 2.51. The maximum absolute atomic E-state index is 9.25. The normalized spacial score (nSPS) is 10.9. The molecular weight excluding hydrogens is 180 g/mol. The van der Waals surface area contributed by atoms with Crippen molar-refractivity contribution in [2.45, 2.75) is 31.8 Å². The van der Waals surface area contributed by atoms with E-state index in [0.717, 1.165) is 0 Å². The molecule has 0 unspecified atom stereocenters. The summed E-state index contributed by atoms with van der Waals surface area (Å²) in [6, 6.07) is 3.14. The Bertz CT molecular complexity index is 246. The molecule has 0 aliphatic rings. The third-order valence-electron chi connectivity index (χ3n) is 1.64. The number of unbranched alkanes of at least 4 members (excludes halogenated alkanes) is 1. The molecule has 0 heterocycles. The highest BCUT2D eigenvalue weighted by Gasteiger charge is 2.24. The Morgan fingerprint density at radius 1 is 1.43 bits per heavy atom. The zero-order chi connectivity index (χ0) is 10.9. The van der Waals surface area contributed by atoms with E-state index in [9.17, 15) is 5.11 Å². The molecule has 0 spiro atoms. The molecule has 0 radical (unpaired) electrons. The number of rotatable bonds is 6. The van der Waals surface area contributed by atoms with Crippen LogP contribution in [0.25, 0.3) is 0 Å².